The van der Waals surface area contributed by atoms with E-state index < -0.39 is 0 Å². The van der Waals surface area contributed by atoms with Crippen molar-refractivity contribution in [2.45, 2.75) is 6.54 Å². The summed E-state index contributed by atoms with van der Waals surface area (Å²) >= 11 is 17.7. The summed E-state index contributed by atoms with van der Waals surface area (Å²) in [6.45, 7) is 0.277. The Hall–Kier alpha value is -1.95. The second kappa shape index (κ2) is 8.06. The summed E-state index contributed by atoms with van der Waals surface area (Å²) < 4.78 is 0. The minimum absolute atomic E-state index is 0.0370. The predicted octanol–water partition coefficient (Wildman–Crippen LogP) is 3.89. The van der Waals surface area contributed by atoms with Gasteiger partial charge >= 0.3 is 0 Å². The Kier molecular flexibility index (Phi) is 6.10. The molecule has 0 bridgehead atoms. The molecule has 0 spiro atoms. The van der Waals surface area contributed by atoms with Gasteiger partial charge in [-0.3, -0.25) is 0 Å². The van der Waals surface area contributed by atoms with Gasteiger partial charge in [-0.25, -0.2) is 4.99 Å². The largest absolute Gasteiger partial charge is 0.369 e. The molecule has 0 fully saturated rings. The molecule has 0 aliphatic rings. The summed E-state index contributed by atoms with van der Waals surface area (Å²) in [7, 11) is 0. The number of nitrogens with two attached hydrogens (primary N) is 2. The van der Waals surface area contributed by atoms with Crippen molar-refractivity contribution >= 4 is 52.4 Å². The number of nitrogens with one attached hydrogen (secondary N) is 1. The van der Waals surface area contributed by atoms with Gasteiger partial charge in [0.25, 0.3) is 0 Å². The van der Waals surface area contributed by atoms with E-state index in [4.69, 9.17) is 46.3 Å². The van der Waals surface area contributed by atoms with Gasteiger partial charge in [-0.05, 0) is 42.0 Å². The van der Waals surface area contributed by atoms with Crippen molar-refractivity contribution < 1.29 is 0 Å². The highest BCUT2D eigenvalue weighted by Gasteiger charge is 2.01. The molecule has 0 saturated heterocycles. The molecule has 2 rings (SSSR count). The predicted molar refractivity (Wildman–Crippen MR) is 98.5 cm³/mol. The number of anilines is 1. The van der Waals surface area contributed by atoms with E-state index in [0.29, 0.717) is 15.1 Å². The molecule has 8 heteroatoms. The first-order valence-electron chi connectivity index (χ1n) is 6.54. The maximum atomic E-state index is 6.06. The van der Waals surface area contributed by atoms with Gasteiger partial charge in [-0.2, -0.15) is 4.99 Å². The van der Waals surface area contributed by atoms with Crippen LogP contribution in [0.25, 0.3) is 0 Å². The molecule has 120 valence electrons. The molecule has 2 aromatic rings. The molecular weight excluding hydrogens is 357 g/mol. The molecule has 0 radical (unpaired) electrons. The van der Waals surface area contributed by atoms with Gasteiger partial charge in [0.2, 0.25) is 11.9 Å². The van der Waals surface area contributed by atoms with E-state index in [1.807, 2.05) is 0 Å². The summed E-state index contributed by atoms with van der Waals surface area (Å²) in [6.07, 6.45) is 0. The van der Waals surface area contributed by atoms with Crippen LogP contribution in [0.15, 0.2) is 52.4 Å². The molecule has 0 aromatic heterocycles. The van der Waals surface area contributed by atoms with Crippen LogP contribution in [0.3, 0.4) is 0 Å². The van der Waals surface area contributed by atoms with Crippen molar-refractivity contribution in [3.63, 3.8) is 0 Å². The van der Waals surface area contributed by atoms with Crippen LogP contribution in [0.4, 0.5) is 5.69 Å². The molecule has 5 nitrogen and oxygen atoms in total. The minimum Gasteiger partial charge on any atom is -0.369 e. The first-order chi connectivity index (χ1) is 10.9. The maximum Gasteiger partial charge on any atom is 0.218 e. The minimum atomic E-state index is 0.0370. The van der Waals surface area contributed by atoms with Crippen LogP contribution in [0.1, 0.15) is 5.56 Å². The van der Waals surface area contributed by atoms with Crippen molar-refractivity contribution in [2.75, 3.05) is 5.32 Å². The summed E-state index contributed by atoms with van der Waals surface area (Å²) in [4.78, 5) is 8.08. The van der Waals surface area contributed by atoms with E-state index in [1.165, 1.54) is 0 Å². The van der Waals surface area contributed by atoms with Crippen molar-refractivity contribution in [1.29, 1.82) is 0 Å². The smallest absolute Gasteiger partial charge is 0.218 e. The third-order valence-electron chi connectivity index (χ3n) is 2.78. The SMILES string of the molecule is NC(=NCc1ccc(Cl)cc1Cl)/N=C(\N)Nc1ccc(Cl)cc1. The molecule has 0 unspecified atom stereocenters. The van der Waals surface area contributed by atoms with Gasteiger partial charge in [-0.15, -0.1) is 0 Å². The van der Waals surface area contributed by atoms with Crippen molar-refractivity contribution in [3.8, 4) is 0 Å². The quantitative estimate of drug-likeness (QED) is 0.565. The molecule has 0 aliphatic heterocycles. The lowest BCUT2D eigenvalue weighted by Crippen LogP contribution is -2.26. The van der Waals surface area contributed by atoms with Crippen LogP contribution in [0, 0.1) is 0 Å². The molecule has 0 heterocycles. The summed E-state index contributed by atoms with van der Waals surface area (Å²) in [6, 6.07) is 12.2. The zero-order valence-corrected chi connectivity index (χ0v) is 14.2. The van der Waals surface area contributed by atoms with E-state index in [1.54, 1.807) is 42.5 Å². The lowest BCUT2D eigenvalue weighted by Gasteiger charge is -2.05. The van der Waals surface area contributed by atoms with E-state index in [0.717, 1.165) is 11.3 Å². The normalized spacial score (nSPS) is 12.3. The molecule has 0 amide bonds. The number of benzene rings is 2. The Bertz CT molecular complexity index is 741. The number of nitrogens with zero attached hydrogens (tertiary/aromatic N) is 2. The lowest BCUT2D eigenvalue weighted by atomic mass is 10.2. The van der Waals surface area contributed by atoms with Gasteiger partial charge in [0.1, 0.15) is 0 Å². The second-order valence-corrected chi connectivity index (χ2v) is 5.82. The molecular formula is C15H14Cl3N5. The molecule has 2 aromatic carbocycles. The third kappa shape index (κ3) is 5.63. The number of guanidine groups is 2. The lowest BCUT2D eigenvalue weighted by molar-refractivity contribution is 1.05. The maximum absolute atomic E-state index is 6.06. The van der Waals surface area contributed by atoms with Gasteiger partial charge in [-0.1, -0.05) is 40.9 Å². The summed E-state index contributed by atoms with van der Waals surface area (Å²) in [5, 5.41) is 4.59. The van der Waals surface area contributed by atoms with Gasteiger partial charge in [0.15, 0.2) is 0 Å². The van der Waals surface area contributed by atoms with E-state index in [-0.39, 0.29) is 18.5 Å². The van der Waals surface area contributed by atoms with Gasteiger partial charge < -0.3 is 16.8 Å². The molecule has 0 saturated carbocycles. The first kappa shape index (κ1) is 17.4. The number of rotatable bonds is 3. The molecule has 0 aliphatic carbocycles. The van der Waals surface area contributed by atoms with Gasteiger partial charge in [0, 0.05) is 20.8 Å². The average Bonchev–Trinajstić information content (AvgIpc) is 2.48. The van der Waals surface area contributed by atoms with Crippen LogP contribution >= 0.6 is 34.8 Å². The monoisotopic (exact) mass is 369 g/mol. The summed E-state index contributed by atoms with van der Waals surface area (Å²) in [5.41, 5.74) is 13.0. The van der Waals surface area contributed by atoms with E-state index in [9.17, 15) is 0 Å². The zero-order valence-electron chi connectivity index (χ0n) is 11.9. The topological polar surface area (TPSA) is 88.8 Å². The van der Waals surface area contributed by atoms with E-state index >= 15 is 0 Å². The Labute approximate surface area is 149 Å². The number of halogens is 3. The highest BCUT2D eigenvalue weighted by atomic mass is 35.5. The number of hydrogen-bond acceptors (Lipinski definition) is 1. The summed E-state index contributed by atoms with van der Waals surface area (Å²) in [5.74, 6) is 0.158. The Morgan fingerprint density at radius 2 is 1.61 bits per heavy atom. The van der Waals surface area contributed by atoms with Gasteiger partial charge in [0.05, 0.1) is 6.54 Å². The third-order valence-corrected chi connectivity index (χ3v) is 3.62. The fourth-order valence-corrected chi connectivity index (χ4v) is 2.28. The number of hydrogen-bond donors (Lipinski definition) is 3. The van der Waals surface area contributed by atoms with Crippen LogP contribution in [0.2, 0.25) is 15.1 Å². The molecule has 23 heavy (non-hydrogen) atoms. The van der Waals surface area contributed by atoms with Crippen LogP contribution < -0.4 is 16.8 Å². The molecule has 5 N–H and O–H groups in total. The second-order valence-electron chi connectivity index (χ2n) is 4.54. The highest BCUT2D eigenvalue weighted by molar-refractivity contribution is 6.35. The molecule has 0 atom stereocenters. The Morgan fingerprint density at radius 3 is 2.26 bits per heavy atom. The fourth-order valence-electron chi connectivity index (χ4n) is 1.68. The number of aliphatic imine (C=N–C) groups is 2. The Balaban J connectivity index is 2.01. The fraction of sp³-hybridized carbons (Fsp3) is 0.0667. The zero-order chi connectivity index (χ0) is 16.8. The Morgan fingerprint density at radius 1 is 0.957 bits per heavy atom. The van der Waals surface area contributed by atoms with Crippen LogP contribution in [-0.2, 0) is 6.54 Å². The van der Waals surface area contributed by atoms with E-state index in [2.05, 4.69) is 15.3 Å². The average molecular weight is 371 g/mol. The highest BCUT2D eigenvalue weighted by Crippen LogP contribution is 2.21. The van der Waals surface area contributed by atoms with Crippen LogP contribution in [0.5, 0.6) is 0 Å². The first-order valence-corrected chi connectivity index (χ1v) is 7.68. The van der Waals surface area contributed by atoms with Crippen molar-refractivity contribution in [1.82, 2.24) is 0 Å². The van der Waals surface area contributed by atoms with Crippen LogP contribution in [-0.4, -0.2) is 11.9 Å². The van der Waals surface area contributed by atoms with Crippen molar-refractivity contribution in [3.05, 3.63) is 63.1 Å². The standard InChI is InChI=1S/C15H14Cl3N5/c16-10-3-5-12(6-4-10)22-15(20)23-14(19)21-8-9-1-2-11(17)7-13(9)18/h1-7H,8H2,(H5,19,20,21,22,23). The van der Waals surface area contributed by atoms with Crippen molar-refractivity contribution in [2.24, 2.45) is 21.5 Å².